The van der Waals surface area contributed by atoms with Gasteiger partial charge in [-0.1, -0.05) is 12.1 Å². The minimum Gasteiger partial charge on any atom is -0.497 e. The maximum absolute atomic E-state index is 5.33. The summed E-state index contributed by atoms with van der Waals surface area (Å²) < 4.78 is 15.8. The van der Waals surface area contributed by atoms with Crippen LogP contribution in [0.4, 0.5) is 17.5 Å². The highest BCUT2D eigenvalue weighted by molar-refractivity contribution is 5.58. The van der Waals surface area contributed by atoms with Gasteiger partial charge < -0.3 is 24.8 Å². The molecule has 2 aromatic carbocycles. The summed E-state index contributed by atoms with van der Waals surface area (Å²) in [5.74, 6) is 3.37. The van der Waals surface area contributed by atoms with Crippen molar-refractivity contribution in [2.45, 2.75) is 6.54 Å². The number of hydrogen-bond donors (Lipinski definition) is 2. The second-order valence-electron chi connectivity index (χ2n) is 5.67. The zero-order valence-corrected chi connectivity index (χ0v) is 15.5. The zero-order valence-electron chi connectivity index (χ0n) is 15.5. The van der Waals surface area contributed by atoms with Crippen LogP contribution in [0.2, 0.25) is 0 Å². The van der Waals surface area contributed by atoms with E-state index in [2.05, 4.69) is 20.6 Å². The van der Waals surface area contributed by atoms with Crippen LogP contribution >= 0.6 is 0 Å². The number of rotatable bonds is 8. The molecule has 0 atom stereocenters. The van der Waals surface area contributed by atoms with Crippen molar-refractivity contribution in [1.29, 1.82) is 0 Å². The van der Waals surface area contributed by atoms with E-state index in [1.807, 2.05) is 42.5 Å². The Balaban J connectivity index is 1.67. The minimum absolute atomic E-state index is 0.526. The lowest BCUT2D eigenvalue weighted by molar-refractivity contribution is 0.354. The van der Waals surface area contributed by atoms with Gasteiger partial charge in [-0.15, -0.1) is 0 Å². The highest BCUT2D eigenvalue weighted by Crippen LogP contribution is 2.27. The van der Waals surface area contributed by atoms with Crippen LogP contribution in [0.15, 0.2) is 54.7 Å². The number of hydrogen-bond acceptors (Lipinski definition) is 7. The van der Waals surface area contributed by atoms with Crippen LogP contribution in [0, 0.1) is 0 Å². The van der Waals surface area contributed by atoms with E-state index in [0.29, 0.717) is 29.8 Å². The molecule has 3 rings (SSSR count). The van der Waals surface area contributed by atoms with Gasteiger partial charge in [-0.05, 0) is 35.9 Å². The van der Waals surface area contributed by atoms with Crippen LogP contribution < -0.4 is 24.8 Å². The molecular weight excluding hydrogens is 344 g/mol. The van der Waals surface area contributed by atoms with E-state index in [1.54, 1.807) is 33.6 Å². The van der Waals surface area contributed by atoms with Crippen molar-refractivity contribution in [3.05, 3.63) is 60.3 Å². The third kappa shape index (κ3) is 4.78. The van der Waals surface area contributed by atoms with Gasteiger partial charge in [0.25, 0.3) is 0 Å². The summed E-state index contributed by atoms with van der Waals surface area (Å²) >= 11 is 0. The normalized spacial score (nSPS) is 10.2. The van der Waals surface area contributed by atoms with Gasteiger partial charge in [0.05, 0.1) is 21.3 Å². The Morgan fingerprint density at radius 3 is 2.52 bits per heavy atom. The molecule has 0 bridgehead atoms. The van der Waals surface area contributed by atoms with Gasteiger partial charge in [0.1, 0.15) is 11.6 Å². The van der Waals surface area contributed by atoms with Crippen LogP contribution in [0.5, 0.6) is 17.2 Å². The number of ether oxygens (including phenoxy) is 3. The third-order valence-electron chi connectivity index (χ3n) is 3.90. The summed E-state index contributed by atoms with van der Waals surface area (Å²) in [4.78, 5) is 8.75. The lowest BCUT2D eigenvalue weighted by Crippen LogP contribution is -2.05. The molecule has 0 fully saturated rings. The van der Waals surface area contributed by atoms with E-state index in [-0.39, 0.29) is 0 Å². The first-order valence-corrected chi connectivity index (χ1v) is 8.40. The number of nitrogens with one attached hydrogen (secondary N) is 2. The fourth-order valence-electron chi connectivity index (χ4n) is 2.53. The molecule has 1 heterocycles. The Morgan fingerprint density at radius 1 is 0.889 bits per heavy atom. The lowest BCUT2D eigenvalue weighted by atomic mass is 10.2. The Morgan fingerprint density at radius 2 is 1.74 bits per heavy atom. The molecular formula is C20H22N4O3. The third-order valence-corrected chi connectivity index (χ3v) is 3.90. The lowest BCUT2D eigenvalue weighted by Gasteiger charge is -2.11. The first-order chi connectivity index (χ1) is 13.2. The van der Waals surface area contributed by atoms with E-state index in [9.17, 15) is 0 Å². The molecule has 0 aliphatic rings. The molecule has 0 amide bonds. The van der Waals surface area contributed by atoms with Crippen LogP contribution in [0.1, 0.15) is 5.56 Å². The topological polar surface area (TPSA) is 77.5 Å². The van der Waals surface area contributed by atoms with Gasteiger partial charge in [-0.25, -0.2) is 4.98 Å². The van der Waals surface area contributed by atoms with Crippen molar-refractivity contribution in [1.82, 2.24) is 9.97 Å². The van der Waals surface area contributed by atoms with Crippen molar-refractivity contribution in [2.24, 2.45) is 0 Å². The molecule has 0 aliphatic carbocycles. The molecule has 0 radical (unpaired) electrons. The van der Waals surface area contributed by atoms with Gasteiger partial charge >= 0.3 is 0 Å². The molecule has 7 heteroatoms. The Hall–Kier alpha value is -3.48. The Kier molecular flexibility index (Phi) is 5.94. The molecule has 1 aromatic heterocycles. The number of nitrogens with zero attached hydrogens (tertiary/aromatic N) is 2. The SMILES string of the molecule is COc1cccc(Nc2ccnc(NCc3ccc(OC)c(OC)c3)n2)c1. The second-order valence-corrected chi connectivity index (χ2v) is 5.67. The average molecular weight is 366 g/mol. The summed E-state index contributed by atoms with van der Waals surface area (Å²) in [6.45, 7) is 0.558. The summed E-state index contributed by atoms with van der Waals surface area (Å²) in [7, 11) is 4.87. The van der Waals surface area contributed by atoms with Gasteiger partial charge in [0, 0.05) is 24.5 Å². The highest BCUT2D eigenvalue weighted by Gasteiger charge is 2.06. The van der Waals surface area contributed by atoms with Crippen LogP contribution in [-0.2, 0) is 6.54 Å². The van der Waals surface area contributed by atoms with E-state index < -0.39 is 0 Å². The summed E-state index contributed by atoms with van der Waals surface area (Å²) in [5, 5.41) is 6.46. The first kappa shape index (κ1) is 18.3. The van der Waals surface area contributed by atoms with E-state index in [4.69, 9.17) is 14.2 Å². The zero-order chi connectivity index (χ0) is 19.1. The molecule has 0 aliphatic heterocycles. The van der Waals surface area contributed by atoms with E-state index in [1.165, 1.54) is 0 Å². The fraction of sp³-hybridized carbons (Fsp3) is 0.200. The fourth-order valence-corrected chi connectivity index (χ4v) is 2.53. The number of benzene rings is 2. The molecule has 2 N–H and O–H groups in total. The van der Waals surface area contributed by atoms with E-state index >= 15 is 0 Å². The van der Waals surface area contributed by atoms with Gasteiger partial charge in [0.2, 0.25) is 5.95 Å². The van der Waals surface area contributed by atoms with Gasteiger partial charge in [-0.2, -0.15) is 4.98 Å². The highest BCUT2D eigenvalue weighted by atomic mass is 16.5. The van der Waals surface area contributed by atoms with Crippen molar-refractivity contribution in [3.8, 4) is 17.2 Å². The summed E-state index contributed by atoms with van der Waals surface area (Å²) in [5.41, 5.74) is 1.92. The number of aromatic nitrogens is 2. The average Bonchev–Trinajstić information content (AvgIpc) is 2.72. The summed E-state index contributed by atoms with van der Waals surface area (Å²) in [6, 6.07) is 15.2. The molecule has 27 heavy (non-hydrogen) atoms. The number of anilines is 3. The predicted molar refractivity (Wildman–Crippen MR) is 105 cm³/mol. The molecule has 7 nitrogen and oxygen atoms in total. The van der Waals surface area contributed by atoms with Crippen molar-refractivity contribution in [3.63, 3.8) is 0 Å². The minimum atomic E-state index is 0.526. The Bertz CT molecular complexity index is 902. The predicted octanol–water partition coefficient (Wildman–Crippen LogP) is 3.86. The first-order valence-electron chi connectivity index (χ1n) is 8.40. The molecule has 0 spiro atoms. The van der Waals surface area contributed by atoms with E-state index in [0.717, 1.165) is 17.0 Å². The molecule has 0 unspecified atom stereocenters. The molecule has 140 valence electrons. The maximum atomic E-state index is 5.33. The largest absolute Gasteiger partial charge is 0.497 e. The summed E-state index contributed by atoms with van der Waals surface area (Å²) in [6.07, 6.45) is 1.70. The van der Waals surface area contributed by atoms with Gasteiger partial charge in [-0.3, -0.25) is 0 Å². The maximum Gasteiger partial charge on any atom is 0.224 e. The standard InChI is InChI=1S/C20H22N4O3/c1-25-16-6-4-5-15(12-16)23-19-9-10-21-20(24-19)22-13-14-7-8-17(26-2)18(11-14)27-3/h4-12H,13H2,1-3H3,(H2,21,22,23,24). The molecule has 0 saturated carbocycles. The van der Waals surface area contributed by atoms with Crippen molar-refractivity contribution >= 4 is 17.5 Å². The van der Waals surface area contributed by atoms with Crippen molar-refractivity contribution in [2.75, 3.05) is 32.0 Å². The van der Waals surface area contributed by atoms with Crippen LogP contribution in [-0.4, -0.2) is 31.3 Å². The molecule has 3 aromatic rings. The smallest absolute Gasteiger partial charge is 0.224 e. The second kappa shape index (κ2) is 8.75. The monoisotopic (exact) mass is 366 g/mol. The van der Waals surface area contributed by atoms with Crippen LogP contribution in [0.25, 0.3) is 0 Å². The Labute approximate surface area is 158 Å². The van der Waals surface area contributed by atoms with Crippen molar-refractivity contribution < 1.29 is 14.2 Å². The quantitative estimate of drug-likeness (QED) is 0.627. The van der Waals surface area contributed by atoms with Gasteiger partial charge in [0.15, 0.2) is 11.5 Å². The number of methoxy groups -OCH3 is 3. The van der Waals surface area contributed by atoms with Crippen LogP contribution in [0.3, 0.4) is 0 Å². The molecule has 0 saturated heterocycles.